The van der Waals surface area contributed by atoms with E-state index in [0.29, 0.717) is 26.2 Å². The lowest BCUT2D eigenvalue weighted by molar-refractivity contribution is -0.122. The van der Waals surface area contributed by atoms with E-state index in [1.54, 1.807) is 14.2 Å². The number of carbonyl (C=O) groups excluding carboxylic acids is 1. The molecule has 0 fully saturated rings. The number of nitrogens with two attached hydrogens (primary N) is 1. The van der Waals surface area contributed by atoms with Crippen LogP contribution in [0, 0.1) is 5.92 Å². The third kappa shape index (κ3) is 8.64. The van der Waals surface area contributed by atoms with Gasteiger partial charge in [0.15, 0.2) is 0 Å². The van der Waals surface area contributed by atoms with Crippen LogP contribution in [0.25, 0.3) is 0 Å². The van der Waals surface area contributed by atoms with Crippen LogP contribution >= 0.6 is 0 Å². The van der Waals surface area contributed by atoms with E-state index in [4.69, 9.17) is 15.2 Å². The molecule has 0 heterocycles. The maximum atomic E-state index is 11.4. The van der Waals surface area contributed by atoms with Crippen LogP contribution in [0.1, 0.15) is 19.8 Å². The highest BCUT2D eigenvalue weighted by molar-refractivity contribution is 5.76. The fourth-order valence-corrected chi connectivity index (χ4v) is 1.43. The van der Waals surface area contributed by atoms with Crippen LogP contribution in [0.2, 0.25) is 0 Å². The minimum absolute atomic E-state index is 0.0123. The molecule has 1 amide bonds. The molecular formula is C11H24N2O3. The third-order valence-corrected chi connectivity index (χ3v) is 2.20. The summed E-state index contributed by atoms with van der Waals surface area (Å²) in [6, 6.07) is -0.0123. The fourth-order valence-electron chi connectivity index (χ4n) is 1.43. The topological polar surface area (TPSA) is 73.6 Å². The maximum Gasteiger partial charge on any atom is 0.220 e. The predicted molar refractivity (Wildman–Crippen MR) is 63.1 cm³/mol. The first-order valence-electron chi connectivity index (χ1n) is 5.60. The van der Waals surface area contributed by atoms with E-state index in [1.165, 1.54) is 0 Å². The molecule has 2 unspecified atom stereocenters. The van der Waals surface area contributed by atoms with Gasteiger partial charge in [-0.25, -0.2) is 0 Å². The average molecular weight is 232 g/mol. The Bertz CT molecular complexity index is 188. The number of rotatable bonds is 9. The molecule has 5 nitrogen and oxygen atoms in total. The van der Waals surface area contributed by atoms with E-state index in [1.807, 2.05) is 6.92 Å². The van der Waals surface area contributed by atoms with Gasteiger partial charge in [-0.3, -0.25) is 4.79 Å². The molecular weight excluding hydrogens is 208 g/mol. The van der Waals surface area contributed by atoms with Gasteiger partial charge in [0.1, 0.15) is 0 Å². The van der Waals surface area contributed by atoms with Gasteiger partial charge >= 0.3 is 0 Å². The fraction of sp³-hybridized carbons (Fsp3) is 0.909. The molecule has 0 radical (unpaired) electrons. The molecule has 0 saturated heterocycles. The van der Waals surface area contributed by atoms with Crippen molar-refractivity contribution in [3.8, 4) is 0 Å². The van der Waals surface area contributed by atoms with Crippen LogP contribution in [-0.2, 0) is 14.3 Å². The van der Waals surface area contributed by atoms with Crippen molar-refractivity contribution in [1.29, 1.82) is 0 Å². The van der Waals surface area contributed by atoms with Gasteiger partial charge in [-0.1, -0.05) is 6.92 Å². The first-order chi connectivity index (χ1) is 7.60. The predicted octanol–water partition coefficient (Wildman–Crippen LogP) is 0.139. The molecule has 3 N–H and O–H groups in total. The summed E-state index contributed by atoms with van der Waals surface area (Å²) >= 11 is 0. The average Bonchev–Trinajstić information content (AvgIpc) is 2.18. The number of carbonyl (C=O) groups is 1. The summed E-state index contributed by atoms with van der Waals surface area (Å²) in [7, 11) is 3.25. The molecule has 0 aromatic rings. The molecule has 16 heavy (non-hydrogen) atoms. The van der Waals surface area contributed by atoms with Gasteiger partial charge in [-0.05, 0) is 12.3 Å². The van der Waals surface area contributed by atoms with Crippen molar-refractivity contribution in [2.45, 2.75) is 25.8 Å². The van der Waals surface area contributed by atoms with Crippen molar-refractivity contribution >= 4 is 5.91 Å². The van der Waals surface area contributed by atoms with E-state index >= 15 is 0 Å². The highest BCUT2D eigenvalue weighted by Gasteiger charge is 2.09. The number of hydrogen-bond acceptors (Lipinski definition) is 4. The highest BCUT2D eigenvalue weighted by Crippen LogP contribution is 2.01. The molecule has 0 rings (SSSR count). The Hall–Kier alpha value is -0.650. The summed E-state index contributed by atoms with van der Waals surface area (Å²) in [4.78, 5) is 11.4. The van der Waals surface area contributed by atoms with Crippen molar-refractivity contribution < 1.29 is 14.3 Å². The Labute approximate surface area is 97.7 Å². The zero-order valence-electron chi connectivity index (χ0n) is 10.5. The van der Waals surface area contributed by atoms with Gasteiger partial charge in [0, 0.05) is 39.8 Å². The number of methoxy groups -OCH3 is 2. The minimum atomic E-state index is -0.0123. The summed E-state index contributed by atoms with van der Waals surface area (Å²) in [5.41, 5.74) is 5.72. The van der Waals surface area contributed by atoms with Crippen molar-refractivity contribution in [3.63, 3.8) is 0 Å². The lowest BCUT2D eigenvalue weighted by atomic mass is 10.1. The summed E-state index contributed by atoms with van der Waals surface area (Å²) in [5.74, 6) is 0.298. The van der Waals surface area contributed by atoms with Crippen molar-refractivity contribution in [2.24, 2.45) is 11.7 Å². The second-order valence-corrected chi connectivity index (χ2v) is 4.12. The van der Waals surface area contributed by atoms with E-state index in [-0.39, 0.29) is 17.9 Å². The lowest BCUT2D eigenvalue weighted by Crippen LogP contribution is -2.33. The first-order valence-corrected chi connectivity index (χ1v) is 5.60. The second kappa shape index (κ2) is 9.57. The van der Waals surface area contributed by atoms with Crippen LogP contribution in [0.4, 0.5) is 0 Å². The first kappa shape index (κ1) is 15.3. The highest BCUT2D eigenvalue weighted by atomic mass is 16.5. The third-order valence-electron chi connectivity index (χ3n) is 2.20. The van der Waals surface area contributed by atoms with E-state index in [0.717, 1.165) is 6.42 Å². The molecule has 96 valence electrons. The quantitative estimate of drug-likeness (QED) is 0.593. The Kier molecular flexibility index (Phi) is 9.18. The summed E-state index contributed by atoms with van der Waals surface area (Å²) in [6.45, 7) is 3.72. The summed E-state index contributed by atoms with van der Waals surface area (Å²) in [5, 5.41) is 2.83. The maximum absolute atomic E-state index is 11.4. The minimum Gasteiger partial charge on any atom is -0.384 e. The van der Waals surface area contributed by atoms with Gasteiger partial charge < -0.3 is 20.5 Å². The van der Waals surface area contributed by atoms with Crippen molar-refractivity contribution in [1.82, 2.24) is 5.32 Å². The Morgan fingerprint density at radius 3 is 2.50 bits per heavy atom. The number of nitrogens with one attached hydrogen (secondary N) is 1. The standard InChI is InChI=1S/C11H24N2O3/c1-9(7-15-2)6-11(14)13-5-4-10(12)8-16-3/h9-10H,4-8,12H2,1-3H3,(H,13,14). The van der Waals surface area contributed by atoms with Gasteiger partial charge in [0.05, 0.1) is 6.61 Å². The lowest BCUT2D eigenvalue weighted by Gasteiger charge is -2.12. The Morgan fingerprint density at radius 1 is 1.31 bits per heavy atom. The second-order valence-electron chi connectivity index (χ2n) is 4.12. The largest absolute Gasteiger partial charge is 0.384 e. The molecule has 0 aliphatic carbocycles. The molecule has 0 aromatic heterocycles. The number of hydrogen-bond donors (Lipinski definition) is 2. The normalized spacial score (nSPS) is 14.5. The number of ether oxygens (including phenoxy) is 2. The Balaban J connectivity index is 3.50. The zero-order chi connectivity index (χ0) is 12.4. The Morgan fingerprint density at radius 2 is 1.94 bits per heavy atom. The summed E-state index contributed by atoms with van der Waals surface area (Å²) in [6.07, 6.45) is 1.23. The SMILES string of the molecule is COCC(C)CC(=O)NCCC(N)COC. The van der Waals surface area contributed by atoms with Gasteiger partial charge in [0.25, 0.3) is 0 Å². The van der Waals surface area contributed by atoms with Crippen LogP contribution in [0.3, 0.4) is 0 Å². The molecule has 0 aromatic carbocycles. The van der Waals surface area contributed by atoms with E-state index in [2.05, 4.69) is 5.32 Å². The molecule has 0 bridgehead atoms. The van der Waals surface area contributed by atoms with Gasteiger partial charge in [-0.15, -0.1) is 0 Å². The smallest absolute Gasteiger partial charge is 0.220 e. The monoisotopic (exact) mass is 232 g/mol. The molecule has 0 aliphatic rings. The van der Waals surface area contributed by atoms with E-state index in [9.17, 15) is 4.79 Å². The molecule has 0 saturated carbocycles. The van der Waals surface area contributed by atoms with Crippen LogP contribution < -0.4 is 11.1 Å². The molecule has 2 atom stereocenters. The van der Waals surface area contributed by atoms with Crippen molar-refractivity contribution in [2.75, 3.05) is 34.0 Å². The van der Waals surface area contributed by atoms with Gasteiger partial charge in [0.2, 0.25) is 5.91 Å². The van der Waals surface area contributed by atoms with Crippen LogP contribution in [-0.4, -0.2) is 45.9 Å². The van der Waals surface area contributed by atoms with Gasteiger partial charge in [-0.2, -0.15) is 0 Å². The molecule has 0 spiro atoms. The van der Waals surface area contributed by atoms with Crippen LogP contribution in [0.5, 0.6) is 0 Å². The molecule has 5 heteroatoms. The van der Waals surface area contributed by atoms with E-state index < -0.39 is 0 Å². The zero-order valence-corrected chi connectivity index (χ0v) is 10.5. The van der Waals surface area contributed by atoms with Crippen molar-refractivity contribution in [3.05, 3.63) is 0 Å². The van der Waals surface area contributed by atoms with Crippen LogP contribution in [0.15, 0.2) is 0 Å². The summed E-state index contributed by atoms with van der Waals surface area (Å²) < 4.78 is 9.87. The number of amides is 1. The molecule has 0 aliphatic heterocycles.